The van der Waals surface area contributed by atoms with Gasteiger partial charge in [0.2, 0.25) is 11.6 Å². The molecular weight excluding hydrogens is 296 g/mol. The van der Waals surface area contributed by atoms with Crippen molar-refractivity contribution in [3.05, 3.63) is 65.7 Å². The summed E-state index contributed by atoms with van der Waals surface area (Å²) in [7, 11) is 0.942. The third-order valence-electron chi connectivity index (χ3n) is 3.49. The number of ether oxygens (including phenoxy) is 1. The molecule has 0 spiro atoms. The third-order valence-corrected chi connectivity index (χ3v) is 3.49. The Bertz CT molecular complexity index is 800. The number of hydrogen-bond acceptors (Lipinski definition) is 1. The van der Waals surface area contributed by atoms with Gasteiger partial charge in [0.25, 0.3) is 0 Å². The standard InChI is InChI=1S/C17H10F4O/c1-22-17-15(20)13(18)12(14(19)16(17)21)11-8-7-9-5-3-2-4-6-10(9)11/h2-8H,1H3. The maximum Gasteiger partial charge on any atom is 0.204 e. The second-order valence-electron chi connectivity index (χ2n) is 4.69. The minimum absolute atomic E-state index is 0.0849. The van der Waals surface area contributed by atoms with Gasteiger partial charge in [-0.3, -0.25) is 0 Å². The van der Waals surface area contributed by atoms with Crippen LogP contribution in [0.2, 0.25) is 0 Å². The molecule has 0 bridgehead atoms. The van der Waals surface area contributed by atoms with Gasteiger partial charge in [-0.05, 0) is 16.7 Å². The zero-order valence-electron chi connectivity index (χ0n) is 11.5. The summed E-state index contributed by atoms with van der Waals surface area (Å²) in [5.41, 5.74) is 0.542. The molecule has 2 aliphatic carbocycles. The zero-order chi connectivity index (χ0) is 15.9. The van der Waals surface area contributed by atoms with Crippen LogP contribution in [0, 0.1) is 23.3 Å². The molecule has 0 heterocycles. The van der Waals surface area contributed by atoms with Crippen LogP contribution in [0.25, 0.3) is 22.3 Å². The Hall–Kier alpha value is -2.56. The van der Waals surface area contributed by atoms with Crippen LogP contribution in [0.3, 0.4) is 0 Å². The van der Waals surface area contributed by atoms with Gasteiger partial charge in [-0.1, -0.05) is 42.5 Å². The number of hydrogen-bond donors (Lipinski definition) is 0. The maximum atomic E-state index is 14.2. The topological polar surface area (TPSA) is 9.23 Å². The molecule has 0 aromatic heterocycles. The second-order valence-corrected chi connectivity index (χ2v) is 4.69. The van der Waals surface area contributed by atoms with Gasteiger partial charge in [-0.2, -0.15) is 8.78 Å². The Morgan fingerprint density at radius 2 is 1.32 bits per heavy atom. The van der Waals surface area contributed by atoms with Crippen molar-refractivity contribution in [3.8, 4) is 28.0 Å². The van der Waals surface area contributed by atoms with Gasteiger partial charge in [0.1, 0.15) is 0 Å². The fraction of sp³-hybridized carbons (Fsp3) is 0.0588. The summed E-state index contributed by atoms with van der Waals surface area (Å²) < 4.78 is 60.5. The van der Waals surface area contributed by atoms with Crippen molar-refractivity contribution in [1.29, 1.82) is 0 Å². The zero-order valence-corrected chi connectivity index (χ0v) is 11.5. The lowest BCUT2D eigenvalue weighted by atomic mass is 10.0. The minimum atomic E-state index is -1.55. The molecule has 0 saturated heterocycles. The van der Waals surface area contributed by atoms with Crippen molar-refractivity contribution in [3.63, 3.8) is 0 Å². The Morgan fingerprint density at radius 3 is 1.95 bits per heavy atom. The third kappa shape index (κ3) is 2.01. The Morgan fingerprint density at radius 1 is 0.682 bits per heavy atom. The lowest BCUT2D eigenvalue weighted by Crippen LogP contribution is -2.03. The van der Waals surface area contributed by atoms with Crippen LogP contribution in [0.5, 0.6) is 5.75 Å². The molecule has 0 unspecified atom stereocenters. The maximum absolute atomic E-state index is 14.2. The molecule has 2 aliphatic rings. The molecule has 0 fully saturated rings. The molecule has 0 aliphatic heterocycles. The molecule has 0 radical (unpaired) electrons. The summed E-state index contributed by atoms with van der Waals surface area (Å²) >= 11 is 0. The van der Waals surface area contributed by atoms with Crippen LogP contribution >= 0.6 is 0 Å². The molecule has 1 nitrogen and oxygen atoms in total. The predicted molar refractivity (Wildman–Crippen MR) is 74.9 cm³/mol. The smallest absolute Gasteiger partial charge is 0.204 e. The fourth-order valence-electron chi connectivity index (χ4n) is 2.46. The van der Waals surface area contributed by atoms with E-state index in [-0.39, 0.29) is 5.56 Å². The molecule has 5 heteroatoms. The van der Waals surface area contributed by atoms with Gasteiger partial charge >= 0.3 is 0 Å². The Labute approximate surface area is 124 Å². The average molecular weight is 306 g/mol. The van der Waals surface area contributed by atoms with E-state index < -0.39 is 34.6 Å². The van der Waals surface area contributed by atoms with E-state index in [4.69, 9.17) is 0 Å². The summed E-state index contributed by atoms with van der Waals surface area (Å²) in [5, 5.41) is 0. The monoisotopic (exact) mass is 306 g/mol. The van der Waals surface area contributed by atoms with Crippen molar-refractivity contribution in [1.82, 2.24) is 0 Å². The number of fused-ring (bicyclic) bond motifs is 1. The van der Waals surface area contributed by atoms with E-state index in [1.54, 1.807) is 36.4 Å². The highest BCUT2D eigenvalue weighted by atomic mass is 19.2. The highest BCUT2D eigenvalue weighted by molar-refractivity contribution is 5.87. The van der Waals surface area contributed by atoms with Crippen molar-refractivity contribution in [2.24, 2.45) is 0 Å². The molecule has 22 heavy (non-hydrogen) atoms. The number of rotatable bonds is 2. The van der Waals surface area contributed by atoms with Gasteiger partial charge in [0.15, 0.2) is 17.4 Å². The van der Waals surface area contributed by atoms with Crippen LogP contribution in [0.15, 0.2) is 42.5 Å². The lowest BCUT2D eigenvalue weighted by molar-refractivity contribution is 0.334. The van der Waals surface area contributed by atoms with E-state index in [2.05, 4.69) is 4.74 Å². The van der Waals surface area contributed by atoms with Crippen LogP contribution in [0.4, 0.5) is 17.6 Å². The van der Waals surface area contributed by atoms with Crippen LogP contribution in [0.1, 0.15) is 0 Å². The van der Waals surface area contributed by atoms with Crippen molar-refractivity contribution in [2.45, 2.75) is 0 Å². The van der Waals surface area contributed by atoms with Gasteiger partial charge in [0.05, 0.1) is 12.7 Å². The molecular formula is C17H10F4O. The number of methoxy groups -OCH3 is 1. The van der Waals surface area contributed by atoms with Gasteiger partial charge in [-0.25, -0.2) is 8.78 Å². The molecule has 0 atom stereocenters. The normalized spacial score (nSPS) is 11.0. The van der Waals surface area contributed by atoms with Crippen LogP contribution in [-0.2, 0) is 0 Å². The summed E-state index contributed by atoms with van der Waals surface area (Å²) in [6.07, 6.45) is 0. The van der Waals surface area contributed by atoms with Gasteiger partial charge < -0.3 is 4.74 Å². The number of halogens is 4. The molecule has 3 rings (SSSR count). The SMILES string of the molecule is COc1c(F)c(F)c(-c2ccc3cccccc2-3)c(F)c1F. The highest BCUT2D eigenvalue weighted by Gasteiger charge is 2.28. The molecule has 0 saturated carbocycles. The first-order valence-corrected chi connectivity index (χ1v) is 6.44. The first kappa shape index (κ1) is 14.4. The van der Waals surface area contributed by atoms with Crippen molar-refractivity contribution < 1.29 is 22.3 Å². The first-order valence-electron chi connectivity index (χ1n) is 6.44. The summed E-state index contributed by atoms with van der Waals surface area (Å²) in [5.74, 6) is -7.12. The second kappa shape index (κ2) is 5.33. The van der Waals surface area contributed by atoms with Crippen molar-refractivity contribution >= 4 is 0 Å². The molecule has 0 N–H and O–H groups in total. The molecule has 112 valence electrons. The molecule has 1 aromatic rings. The van der Waals surface area contributed by atoms with Crippen molar-refractivity contribution in [2.75, 3.05) is 7.11 Å². The summed E-state index contributed by atoms with van der Waals surface area (Å²) in [6.45, 7) is 0. The van der Waals surface area contributed by atoms with E-state index in [1.807, 2.05) is 0 Å². The Balaban J connectivity index is 2.34. The summed E-state index contributed by atoms with van der Waals surface area (Å²) in [6, 6.07) is 11.6. The van der Waals surface area contributed by atoms with Crippen LogP contribution in [-0.4, -0.2) is 7.11 Å². The largest absolute Gasteiger partial charge is 0.491 e. The van der Waals surface area contributed by atoms with E-state index >= 15 is 0 Å². The van der Waals surface area contributed by atoms with E-state index in [0.29, 0.717) is 11.1 Å². The quantitative estimate of drug-likeness (QED) is 0.477. The van der Waals surface area contributed by atoms with Gasteiger partial charge in [-0.15, -0.1) is 0 Å². The van der Waals surface area contributed by atoms with Crippen LogP contribution < -0.4 is 4.74 Å². The number of benzene rings is 1. The average Bonchev–Trinajstić information content (AvgIpc) is 2.75. The van der Waals surface area contributed by atoms with E-state index in [0.717, 1.165) is 7.11 Å². The molecule has 0 amide bonds. The highest BCUT2D eigenvalue weighted by Crippen LogP contribution is 2.41. The first-order chi connectivity index (χ1) is 10.6. The van der Waals surface area contributed by atoms with E-state index in [9.17, 15) is 17.6 Å². The predicted octanol–water partition coefficient (Wildman–Crippen LogP) is 5.02. The fourth-order valence-corrected chi connectivity index (χ4v) is 2.46. The minimum Gasteiger partial charge on any atom is -0.491 e. The van der Waals surface area contributed by atoms with E-state index in [1.165, 1.54) is 6.07 Å². The lowest BCUT2D eigenvalue weighted by Gasteiger charge is -2.11. The Kier molecular flexibility index (Phi) is 3.48. The molecule has 1 aromatic carbocycles. The summed E-state index contributed by atoms with van der Waals surface area (Å²) in [4.78, 5) is 0. The van der Waals surface area contributed by atoms with Gasteiger partial charge in [0, 0.05) is 0 Å².